The zero-order chi connectivity index (χ0) is 35.7. The molecular weight excluding hydrogens is 645 g/mol. The van der Waals surface area contributed by atoms with Crippen molar-refractivity contribution in [1.29, 1.82) is 0 Å². The molecule has 8 nitrogen and oxygen atoms in total. The number of nitrogens with two attached hydrogens (primary N) is 1. The van der Waals surface area contributed by atoms with Crippen molar-refractivity contribution in [3.05, 3.63) is 122 Å². The lowest BCUT2D eigenvalue weighted by Crippen LogP contribution is -2.49. The average molecular weight is 687 g/mol. The molecule has 0 unspecified atom stereocenters. The number of esters is 1. The molecular formula is C39H41F3N4O4. The lowest BCUT2D eigenvalue weighted by atomic mass is 9.92. The van der Waals surface area contributed by atoms with Crippen molar-refractivity contribution < 1.29 is 27.4 Å². The predicted molar refractivity (Wildman–Crippen MR) is 186 cm³/mol. The maximum Gasteiger partial charge on any atom is 0.308 e. The maximum atomic E-state index is 16.2. The van der Waals surface area contributed by atoms with Crippen LogP contribution in [-0.4, -0.2) is 53.7 Å². The number of halogens is 3. The molecule has 2 atom stereocenters. The van der Waals surface area contributed by atoms with Gasteiger partial charge < -0.3 is 19.8 Å². The molecule has 1 aromatic heterocycles. The van der Waals surface area contributed by atoms with Gasteiger partial charge in [-0.3, -0.25) is 19.5 Å². The number of benzene rings is 3. The summed E-state index contributed by atoms with van der Waals surface area (Å²) >= 11 is 0. The molecule has 0 saturated carbocycles. The molecule has 2 aliphatic rings. The number of rotatable bonds is 7. The van der Waals surface area contributed by atoms with E-state index in [1.807, 2.05) is 30.0 Å². The molecule has 2 N–H and O–H groups in total. The van der Waals surface area contributed by atoms with Crippen LogP contribution in [0.3, 0.4) is 0 Å². The first kappa shape index (κ1) is 34.9. The second-order valence-electron chi connectivity index (χ2n) is 13.1. The Bertz CT molecular complexity index is 2020. The summed E-state index contributed by atoms with van der Waals surface area (Å²) in [6.07, 6.45) is 0.918. The molecule has 6 rings (SSSR count). The topological polar surface area (TPSA) is 99.1 Å². The summed E-state index contributed by atoms with van der Waals surface area (Å²) in [5.74, 6) is -1.51. The number of hydrogen-bond donors (Lipinski definition) is 1. The van der Waals surface area contributed by atoms with Gasteiger partial charge in [-0.05, 0) is 98.3 Å². The molecule has 1 fully saturated rings. The largest absolute Gasteiger partial charge is 0.488 e. The number of aliphatic imine (C=N–C) groups is 1. The van der Waals surface area contributed by atoms with Gasteiger partial charge in [-0.25, -0.2) is 13.2 Å². The molecule has 262 valence electrons. The lowest BCUT2D eigenvalue weighted by molar-refractivity contribution is -0.143. The van der Waals surface area contributed by atoms with Crippen molar-refractivity contribution >= 4 is 11.8 Å². The van der Waals surface area contributed by atoms with Gasteiger partial charge in [0.1, 0.15) is 42.0 Å². The van der Waals surface area contributed by atoms with Gasteiger partial charge in [0.25, 0.3) is 5.56 Å². The zero-order valence-corrected chi connectivity index (χ0v) is 28.6. The molecule has 4 bridgehead atoms. The number of likely N-dealkylation sites (tertiary alicyclic amines) is 1. The van der Waals surface area contributed by atoms with Crippen LogP contribution in [0.1, 0.15) is 64.4 Å². The fourth-order valence-corrected chi connectivity index (χ4v) is 6.80. The van der Waals surface area contributed by atoms with Gasteiger partial charge in [0.15, 0.2) is 0 Å². The smallest absolute Gasteiger partial charge is 0.308 e. The minimum atomic E-state index is -1.27. The van der Waals surface area contributed by atoms with Crippen molar-refractivity contribution in [2.45, 2.75) is 65.4 Å². The molecule has 11 heteroatoms. The molecule has 0 aliphatic carbocycles. The quantitative estimate of drug-likeness (QED) is 0.225. The summed E-state index contributed by atoms with van der Waals surface area (Å²) in [6, 6.07) is 12.7. The van der Waals surface area contributed by atoms with Gasteiger partial charge in [-0.2, -0.15) is 0 Å². The third-order valence-corrected chi connectivity index (χ3v) is 9.35. The van der Waals surface area contributed by atoms with E-state index in [0.29, 0.717) is 54.1 Å². The SMILES string of the molecule is CCOC(=O)C[C@@H]1N=C(N)[C@@H](n2cc(CCN3CC(F)C3)cc(C)c2=O)c2cc(ccc2F)COc2cccc(C)c2-c2cc(C)c(F)c1c2. The van der Waals surface area contributed by atoms with E-state index in [1.54, 1.807) is 57.3 Å². The highest BCUT2D eigenvalue weighted by Gasteiger charge is 2.30. The summed E-state index contributed by atoms with van der Waals surface area (Å²) in [7, 11) is 0. The Kier molecular flexibility index (Phi) is 10.2. The summed E-state index contributed by atoms with van der Waals surface area (Å²) in [5, 5.41) is 0. The number of ether oxygens (including phenoxy) is 2. The van der Waals surface area contributed by atoms with Crippen LogP contribution in [0, 0.1) is 32.4 Å². The summed E-state index contributed by atoms with van der Waals surface area (Å²) in [4.78, 5) is 33.6. The second kappa shape index (κ2) is 14.5. The molecule has 0 amide bonds. The Labute approximate surface area is 289 Å². The van der Waals surface area contributed by atoms with Crippen LogP contribution >= 0.6 is 0 Å². The van der Waals surface area contributed by atoms with E-state index in [0.717, 1.165) is 16.7 Å². The van der Waals surface area contributed by atoms with Crippen LogP contribution in [0.25, 0.3) is 11.1 Å². The first-order valence-corrected chi connectivity index (χ1v) is 16.8. The fraction of sp³-hybridized carbons (Fsp3) is 0.359. The number of hydrogen-bond acceptors (Lipinski definition) is 7. The number of alkyl halides is 1. The van der Waals surface area contributed by atoms with Crippen LogP contribution in [0.5, 0.6) is 5.75 Å². The molecule has 50 heavy (non-hydrogen) atoms. The maximum absolute atomic E-state index is 16.2. The molecule has 4 aromatic rings. The van der Waals surface area contributed by atoms with Crippen LogP contribution in [0.15, 0.2) is 70.6 Å². The van der Waals surface area contributed by atoms with Crippen LogP contribution in [0.4, 0.5) is 13.2 Å². The Morgan fingerprint density at radius 2 is 1.80 bits per heavy atom. The summed E-state index contributed by atoms with van der Waals surface area (Å²) in [6.45, 7) is 8.31. The lowest BCUT2D eigenvalue weighted by Gasteiger charge is -2.34. The average Bonchev–Trinajstić information content (AvgIpc) is 3.05. The van der Waals surface area contributed by atoms with Gasteiger partial charge in [-0.15, -0.1) is 0 Å². The van der Waals surface area contributed by atoms with Crippen molar-refractivity contribution in [2.75, 3.05) is 26.2 Å². The number of amidine groups is 1. The van der Waals surface area contributed by atoms with Gasteiger partial charge in [0, 0.05) is 48.1 Å². The third-order valence-electron chi connectivity index (χ3n) is 9.35. The number of carbonyl (C=O) groups is 1. The minimum absolute atomic E-state index is 0.0517. The number of carbonyl (C=O) groups excluding carboxylic acids is 1. The zero-order valence-electron chi connectivity index (χ0n) is 28.6. The van der Waals surface area contributed by atoms with E-state index in [-0.39, 0.29) is 36.6 Å². The highest BCUT2D eigenvalue weighted by molar-refractivity contribution is 5.88. The number of nitrogens with zero attached hydrogens (tertiary/aromatic N) is 3. The molecule has 0 spiro atoms. The fourth-order valence-electron chi connectivity index (χ4n) is 6.80. The van der Waals surface area contributed by atoms with Crippen LogP contribution < -0.4 is 16.0 Å². The Morgan fingerprint density at radius 3 is 2.54 bits per heavy atom. The van der Waals surface area contributed by atoms with E-state index in [2.05, 4.69) is 0 Å². The molecule has 0 radical (unpaired) electrons. The van der Waals surface area contributed by atoms with E-state index in [4.69, 9.17) is 20.2 Å². The normalized spacial score (nSPS) is 17.9. The number of aromatic nitrogens is 1. The van der Waals surface area contributed by atoms with E-state index < -0.39 is 41.4 Å². The summed E-state index contributed by atoms with van der Waals surface area (Å²) in [5.41, 5.74) is 10.9. The predicted octanol–water partition coefficient (Wildman–Crippen LogP) is 6.45. The molecule has 3 aromatic carbocycles. The van der Waals surface area contributed by atoms with Crippen LogP contribution in [0.2, 0.25) is 0 Å². The standard InChI is InChI=1S/C39H41F3N4O4/c1-5-49-34(47)17-32-30-16-27(14-23(3)36(30)42)35-22(2)7-6-8-33(35)50-21-26-9-10-31(41)29(15-26)37(38(43)44-32)46-18-25(13-24(4)39(46)48)11-12-45-19-28(40)20-45/h6-10,13-16,18,28,32,37H,5,11-12,17,19-21H2,1-4H3,(H2,43,44)/t32-,37-/m0/s1. The van der Waals surface area contributed by atoms with E-state index >= 15 is 8.78 Å². The Hall–Kier alpha value is -4.90. The molecule has 3 heterocycles. The van der Waals surface area contributed by atoms with Crippen molar-refractivity contribution in [3.63, 3.8) is 0 Å². The van der Waals surface area contributed by atoms with Gasteiger partial charge in [0.2, 0.25) is 0 Å². The summed E-state index contributed by atoms with van der Waals surface area (Å²) < 4.78 is 58.6. The second-order valence-corrected chi connectivity index (χ2v) is 13.1. The first-order valence-electron chi connectivity index (χ1n) is 16.8. The van der Waals surface area contributed by atoms with E-state index in [1.165, 1.54) is 10.6 Å². The third kappa shape index (κ3) is 7.19. The number of aryl methyl sites for hydroxylation is 3. The van der Waals surface area contributed by atoms with Crippen molar-refractivity contribution in [1.82, 2.24) is 9.47 Å². The molecule has 2 aliphatic heterocycles. The number of fused-ring (bicyclic) bond motifs is 6. The highest BCUT2D eigenvalue weighted by Crippen LogP contribution is 2.39. The van der Waals surface area contributed by atoms with Gasteiger partial charge in [0.05, 0.1) is 19.1 Å². The van der Waals surface area contributed by atoms with E-state index in [9.17, 15) is 14.0 Å². The van der Waals surface area contributed by atoms with Crippen molar-refractivity contribution in [2.24, 2.45) is 10.7 Å². The first-order chi connectivity index (χ1) is 23.9. The van der Waals surface area contributed by atoms with Crippen LogP contribution in [-0.2, 0) is 22.6 Å². The van der Waals surface area contributed by atoms with Crippen molar-refractivity contribution in [3.8, 4) is 16.9 Å². The highest BCUT2D eigenvalue weighted by atomic mass is 19.1. The molecule has 1 saturated heterocycles. The van der Waals surface area contributed by atoms with Gasteiger partial charge in [-0.1, -0.05) is 18.2 Å². The number of pyridine rings is 1. The van der Waals surface area contributed by atoms with Gasteiger partial charge >= 0.3 is 5.97 Å². The monoisotopic (exact) mass is 686 g/mol. The Morgan fingerprint density at radius 1 is 1.02 bits per heavy atom. The minimum Gasteiger partial charge on any atom is -0.488 e. The Balaban J connectivity index is 1.58.